The molecule has 21 heavy (non-hydrogen) atoms. The lowest BCUT2D eigenvalue weighted by atomic mass is 10.1. The van der Waals surface area contributed by atoms with E-state index < -0.39 is 11.9 Å². The minimum absolute atomic E-state index is 0.0209. The molecule has 1 aliphatic heterocycles. The average Bonchev–Trinajstić information content (AvgIpc) is 2.46. The van der Waals surface area contributed by atoms with E-state index in [4.69, 9.17) is 4.74 Å². The van der Waals surface area contributed by atoms with Crippen LogP contribution in [0.1, 0.15) is 24.2 Å². The molecule has 1 saturated heterocycles. The molecule has 1 fully saturated rings. The molecule has 1 unspecified atom stereocenters. The molecule has 114 valence electrons. The number of hydrogen-bond donors (Lipinski definition) is 1. The third kappa shape index (κ3) is 3.39. The van der Waals surface area contributed by atoms with Crippen molar-refractivity contribution in [3.63, 3.8) is 0 Å². The summed E-state index contributed by atoms with van der Waals surface area (Å²) in [5.74, 6) is -0.742. The Bertz CT molecular complexity index is 534. The third-order valence-corrected chi connectivity index (χ3v) is 3.29. The molecule has 1 heterocycles. The van der Waals surface area contributed by atoms with Crippen LogP contribution in [-0.2, 0) is 9.53 Å². The molecule has 2 rings (SSSR count). The molecule has 1 amide bonds. The van der Waals surface area contributed by atoms with Gasteiger partial charge in [0.25, 0.3) is 0 Å². The Labute approximate surface area is 123 Å². The topological polar surface area (TPSA) is 58.6 Å². The lowest BCUT2D eigenvalue weighted by Crippen LogP contribution is -2.55. The van der Waals surface area contributed by atoms with Crippen molar-refractivity contribution in [2.75, 3.05) is 24.7 Å². The first-order chi connectivity index (χ1) is 10.0. The molecule has 6 heteroatoms. The summed E-state index contributed by atoms with van der Waals surface area (Å²) in [6, 6.07) is 3.64. The summed E-state index contributed by atoms with van der Waals surface area (Å²) in [5, 5.41) is 2.80. The number of benzene rings is 1. The van der Waals surface area contributed by atoms with Gasteiger partial charge in [0, 0.05) is 18.2 Å². The van der Waals surface area contributed by atoms with Crippen molar-refractivity contribution in [1.29, 1.82) is 0 Å². The van der Waals surface area contributed by atoms with E-state index in [0.717, 1.165) is 0 Å². The monoisotopic (exact) mass is 294 g/mol. The van der Waals surface area contributed by atoms with Gasteiger partial charge in [0.05, 0.1) is 18.9 Å². The summed E-state index contributed by atoms with van der Waals surface area (Å²) >= 11 is 0. The van der Waals surface area contributed by atoms with Gasteiger partial charge in [-0.15, -0.1) is 0 Å². The number of rotatable bonds is 4. The predicted octanol–water partition coefficient (Wildman–Crippen LogP) is 1.37. The second-order valence-corrected chi connectivity index (χ2v) is 5.24. The SMILES string of the molecule is CC(C)NC(=O)C1COCCN1c1c(F)cccc1C=O. The van der Waals surface area contributed by atoms with Crippen LogP contribution in [0.2, 0.25) is 0 Å². The normalized spacial score (nSPS) is 18.7. The van der Waals surface area contributed by atoms with Crippen molar-refractivity contribution >= 4 is 17.9 Å². The zero-order valence-electron chi connectivity index (χ0n) is 12.1. The van der Waals surface area contributed by atoms with E-state index in [1.807, 2.05) is 13.8 Å². The maximum absolute atomic E-state index is 14.1. The minimum Gasteiger partial charge on any atom is -0.377 e. The van der Waals surface area contributed by atoms with Gasteiger partial charge in [-0.3, -0.25) is 9.59 Å². The van der Waals surface area contributed by atoms with Crippen LogP contribution >= 0.6 is 0 Å². The van der Waals surface area contributed by atoms with Gasteiger partial charge in [0.1, 0.15) is 11.9 Å². The largest absolute Gasteiger partial charge is 0.377 e. The van der Waals surface area contributed by atoms with Crippen molar-refractivity contribution in [3.05, 3.63) is 29.6 Å². The summed E-state index contributed by atoms with van der Waals surface area (Å²) in [6.07, 6.45) is 0.602. The second-order valence-electron chi connectivity index (χ2n) is 5.24. The van der Waals surface area contributed by atoms with Crippen LogP contribution < -0.4 is 10.2 Å². The highest BCUT2D eigenvalue weighted by atomic mass is 19.1. The summed E-state index contributed by atoms with van der Waals surface area (Å²) < 4.78 is 19.5. The van der Waals surface area contributed by atoms with Crippen molar-refractivity contribution in [1.82, 2.24) is 5.32 Å². The standard InChI is InChI=1S/C15H19FN2O3/c1-10(2)17-15(20)13-9-21-7-6-18(13)14-11(8-19)4-3-5-12(14)16/h3-5,8,10,13H,6-7,9H2,1-2H3,(H,17,20). The Morgan fingerprint density at radius 3 is 2.95 bits per heavy atom. The molecule has 1 aromatic rings. The lowest BCUT2D eigenvalue weighted by molar-refractivity contribution is -0.125. The molecular formula is C15H19FN2O3. The van der Waals surface area contributed by atoms with Crippen molar-refractivity contribution in [3.8, 4) is 0 Å². The molecular weight excluding hydrogens is 275 g/mol. The van der Waals surface area contributed by atoms with E-state index in [2.05, 4.69) is 5.32 Å². The van der Waals surface area contributed by atoms with E-state index in [1.165, 1.54) is 18.2 Å². The van der Waals surface area contributed by atoms with E-state index in [0.29, 0.717) is 19.4 Å². The van der Waals surface area contributed by atoms with Gasteiger partial charge >= 0.3 is 0 Å². The number of hydrogen-bond acceptors (Lipinski definition) is 4. The van der Waals surface area contributed by atoms with Crippen molar-refractivity contribution in [2.45, 2.75) is 25.9 Å². The maximum Gasteiger partial charge on any atom is 0.245 e. The number of amides is 1. The first-order valence-electron chi connectivity index (χ1n) is 6.93. The van der Waals surface area contributed by atoms with E-state index in [-0.39, 0.29) is 29.8 Å². The summed E-state index contributed by atoms with van der Waals surface area (Å²) in [7, 11) is 0. The van der Waals surface area contributed by atoms with Crippen molar-refractivity contribution in [2.24, 2.45) is 0 Å². The number of para-hydroxylation sites is 1. The van der Waals surface area contributed by atoms with Crippen LogP contribution in [0.4, 0.5) is 10.1 Å². The van der Waals surface area contributed by atoms with Gasteiger partial charge in [0.15, 0.2) is 6.29 Å². The Kier molecular flexibility index (Phi) is 4.90. The first-order valence-corrected chi connectivity index (χ1v) is 6.93. The van der Waals surface area contributed by atoms with Gasteiger partial charge < -0.3 is 15.0 Å². The Morgan fingerprint density at radius 2 is 2.29 bits per heavy atom. The third-order valence-electron chi connectivity index (χ3n) is 3.29. The summed E-state index contributed by atoms with van der Waals surface area (Å²) in [5.41, 5.74) is 0.402. The number of anilines is 1. The molecule has 0 aliphatic carbocycles. The molecule has 0 bridgehead atoms. The Hall–Kier alpha value is -1.95. The number of nitrogens with one attached hydrogen (secondary N) is 1. The van der Waals surface area contributed by atoms with Gasteiger partial charge in [-0.1, -0.05) is 6.07 Å². The number of carbonyl (C=O) groups is 2. The molecule has 1 aliphatic rings. The number of ether oxygens (including phenoxy) is 1. The smallest absolute Gasteiger partial charge is 0.245 e. The van der Waals surface area contributed by atoms with Gasteiger partial charge in [-0.25, -0.2) is 4.39 Å². The molecule has 5 nitrogen and oxygen atoms in total. The lowest BCUT2D eigenvalue weighted by Gasteiger charge is -2.37. The molecule has 0 radical (unpaired) electrons. The van der Waals surface area contributed by atoms with Crippen molar-refractivity contribution < 1.29 is 18.7 Å². The number of morpholine rings is 1. The van der Waals surface area contributed by atoms with Gasteiger partial charge in [-0.2, -0.15) is 0 Å². The number of nitrogens with zero attached hydrogens (tertiary/aromatic N) is 1. The Morgan fingerprint density at radius 1 is 1.52 bits per heavy atom. The van der Waals surface area contributed by atoms with Crippen LogP contribution in [0.15, 0.2) is 18.2 Å². The number of carbonyl (C=O) groups excluding carboxylic acids is 2. The van der Waals surface area contributed by atoms with E-state index in [9.17, 15) is 14.0 Å². The fraction of sp³-hybridized carbons (Fsp3) is 0.467. The van der Waals surface area contributed by atoms with Gasteiger partial charge in [0.2, 0.25) is 5.91 Å². The fourth-order valence-corrected chi connectivity index (χ4v) is 2.40. The highest BCUT2D eigenvalue weighted by molar-refractivity contribution is 5.90. The molecule has 1 atom stereocenters. The average molecular weight is 294 g/mol. The fourth-order valence-electron chi connectivity index (χ4n) is 2.40. The molecule has 0 aromatic heterocycles. The molecule has 1 N–H and O–H groups in total. The van der Waals surface area contributed by atoms with E-state index in [1.54, 1.807) is 4.90 Å². The summed E-state index contributed by atoms with van der Waals surface area (Å²) in [6.45, 7) is 4.62. The number of halogens is 1. The molecule has 0 saturated carbocycles. The predicted molar refractivity (Wildman–Crippen MR) is 77.0 cm³/mol. The minimum atomic E-state index is -0.642. The zero-order valence-corrected chi connectivity index (χ0v) is 12.1. The zero-order chi connectivity index (χ0) is 15.4. The molecule has 0 spiro atoms. The van der Waals surface area contributed by atoms with Crippen LogP contribution in [-0.4, -0.2) is 44.0 Å². The maximum atomic E-state index is 14.1. The molecule has 1 aromatic carbocycles. The van der Waals surface area contributed by atoms with Crippen LogP contribution in [0.5, 0.6) is 0 Å². The quantitative estimate of drug-likeness (QED) is 0.852. The number of aldehydes is 1. The first kappa shape index (κ1) is 15.4. The highest BCUT2D eigenvalue weighted by Crippen LogP contribution is 2.27. The van der Waals surface area contributed by atoms with Crippen LogP contribution in [0.25, 0.3) is 0 Å². The summed E-state index contributed by atoms with van der Waals surface area (Å²) in [4.78, 5) is 25.0. The Balaban J connectivity index is 2.35. The van der Waals surface area contributed by atoms with Gasteiger partial charge in [-0.05, 0) is 26.0 Å². The second kappa shape index (κ2) is 6.67. The van der Waals surface area contributed by atoms with Crippen LogP contribution in [0.3, 0.4) is 0 Å². The highest BCUT2D eigenvalue weighted by Gasteiger charge is 2.32. The van der Waals surface area contributed by atoms with Crippen LogP contribution in [0, 0.1) is 5.82 Å². The van der Waals surface area contributed by atoms with E-state index >= 15 is 0 Å².